The van der Waals surface area contributed by atoms with Crippen molar-refractivity contribution in [2.75, 3.05) is 11.9 Å². The van der Waals surface area contributed by atoms with E-state index in [2.05, 4.69) is 20.3 Å². The number of amides is 1. The number of nitrogens with one attached hydrogen (secondary N) is 1. The fraction of sp³-hybridized carbons (Fsp3) is 0.478. The summed E-state index contributed by atoms with van der Waals surface area (Å²) in [6.07, 6.45) is -2.32. The summed E-state index contributed by atoms with van der Waals surface area (Å²) in [5, 5.41) is 13.1. The average molecular weight is 477 g/mol. The van der Waals surface area contributed by atoms with Crippen molar-refractivity contribution >= 4 is 17.4 Å². The van der Waals surface area contributed by atoms with Crippen LogP contribution in [-0.2, 0) is 11.3 Å². The van der Waals surface area contributed by atoms with Gasteiger partial charge in [-0.3, -0.25) is 9.79 Å². The number of alkyl halides is 2. The second kappa shape index (κ2) is 8.61. The van der Waals surface area contributed by atoms with Crippen LogP contribution in [0.5, 0.6) is 0 Å². The third kappa shape index (κ3) is 3.91. The zero-order chi connectivity index (χ0) is 24.1. The highest BCUT2D eigenvalue weighted by atomic mass is 19.1. The second-order valence-electron chi connectivity index (χ2n) is 9.03. The first-order chi connectivity index (χ1) is 16.2. The van der Waals surface area contributed by atoms with E-state index in [-0.39, 0.29) is 55.0 Å². The molecular formula is C23H23F4N5O2. The fourth-order valence-corrected chi connectivity index (χ4v) is 5.03. The van der Waals surface area contributed by atoms with Gasteiger partial charge in [-0.15, -0.1) is 0 Å². The van der Waals surface area contributed by atoms with E-state index in [0.29, 0.717) is 11.3 Å². The van der Waals surface area contributed by atoms with Gasteiger partial charge in [0.25, 0.3) is 5.91 Å². The zero-order valence-corrected chi connectivity index (χ0v) is 18.3. The van der Waals surface area contributed by atoms with E-state index in [1.54, 1.807) is 0 Å². The molecule has 1 aliphatic carbocycles. The Kier molecular flexibility index (Phi) is 5.75. The topological polar surface area (TPSA) is 90.7 Å². The molecule has 3 aliphatic rings. The first-order valence-corrected chi connectivity index (χ1v) is 11.1. The van der Waals surface area contributed by atoms with Crippen molar-refractivity contribution in [3.05, 3.63) is 52.5 Å². The van der Waals surface area contributed by atoms with E-state index < -0.39 is 48.1 Å². The smallest absolute Gasteiger partial charge is 0.273 e. The lowest BCUT2D eigenvalue weighted by molar-refractivity contribution is -0.125. The number of anilines is 1. The van der Waals surface area contributed by atoms with Crippen LogP contribution in [0.3, 0.4) is 0 Å². The number of carbonyl (C=O) groups is 1. The van der Waals surface area contributed by atoms with Crippen LogP contribution >= 0.6 is 0 Å². The highest BCUT2D eigenvalue weighted by Gasteiger charge is 2.42. The summed E-state index contributed by atoms with van der Waals surface area (Å²) in [4.78, 5) is 27.3. The van der Waals surface area contributed by atoms with Crippen LogP contribution in [-0.4, -0.2) is 62.6 Å². The molecule has 3 heterocycles. The molecule has 0 spiro atoms. The summed E-state index contributed by atoms with van der Waals surface area (Å²) < 4.78 is 57.1. The molecule has 2 aromatic rings. The molecule has 5 rings (SSSR count). The number of halogens is 4. The van der Waals surface area contributed by atoms with Crippen molar-refractivity contribution in [1.29, 1.82) is 0 Å². The normalized spacial score (nSPS) is 28.2. The van der Waals surface area contributed by atoms with Gasteiger partial charge in [0.15, 0.2) is 0 Å². The summed E-state index contributed by atoms with van der Waals surface area (Å²) in [5.41, 5.74) is 0.685. The molecule has 1 aromatic heterocycles. The molecule has 0 bridgehead atoms. The monoisotopic (exact) mass is 477 g/mol. The molecule has 11 heteroatoms. The van der Waals surface area contributed by atoms with Gasteiger partial charge in [-0.2, -0.15) is 0 Å². The van der Waals surface area contributed by atoms with Crippen LogP contribution in [0, 0.1) is 18.6 Å². The molecule has 1 aromatic carbocycles. The number of aliphatic hydroxyl groups is 1. The molecule has 1 amide bonds. The minimum absolute atomic E-state index is 0.00319. The molecule has 0 unspecified atom stereocenters. The lowest BCUT2D eigenvalue weighted by Crippen LogP contribution is -2.38. The number of benzene rings is 1. The SMILES string of the molecule is Cc1cc(F)cc([C@H]2C[C@H](F)CN2C(=O)C2=NCc3ncnc(N[C@@H]4C[C@@H](F)C[C@H]4O)c32)c1F. The van der Waals surface area contributed by atoms with Crippen molar-refractivity contribution in [2.24, 2.45) is 4.99 Å². The molecule has 1 saturated heterocycles. The third-order valence-corrected chi connectivity index (χ3v) is 6.66. The van der Waals surface area contributed by atoms with E-state index in [0.717, 1.165) is 17.0 Å². The molecule has 5 atom stereocenters. The van der Waals surface area contributed by atoms with Gasteiger partial charge >= 0.3 is 0 Å². The average Bonchev–Trinajstić information content (AvgIpc) is 3.47. The summed E-state index contributed by atoms with van der Waals surface area (Å²) in [5.74, 6) is -1.80. The maximum Gasteiger partial charge on any atom is 0.273 e. The molecule has 2 fully saturated rings. The molecular weight excluding hydrogens is 454 g/mol. The number of nitrogens with zero attached hydrogens (tertiary/aromatic N) is 4. The molecule has 1 saturated carbocycles. The number of aromatic nitrogens is 2. The quantitative estimate of drug-likeness (QED) is 0.661. The van der Waals surface area contributed by atoms with Crippen LogP contribution in [0.4, 0.5) is 23.4 Å². The summed E-state index contributed by atoms with van der Waals surface area (Å²) in [6, 6.07) is 0.415. The predicted molar refractivity (Wildman–Crippen MR) is 115 cm³/mol. The lowest BCUT2D eigenvalue weighted by Gasteiger charge is -2.26. The number of likely N-dealkylation sites (tertiary alicyclic amines) is 1. The number of carbonyl (C=O) groups excluding carboxylic acids is 1. The van der Waals surface area contributed by atoms with Gasteiger partial charge in [-0.25, -0.2) is 27.5 Å². The Hall–Kier alpha value is -3.08. The number of hydrogen-bond acceptors (Lipinski definition) is 6. The van der Waals surface area contributed by atoms with Gasteiger partial charge in [-0.05, 0) is 24.6 Å². The van der Waals surface area contributed by atoms with E-state index in [1.165, 1.54) is 13.3 Å². The van der Waals surface area contributed by atoms with Gasteiger partial charge < -0.3 is 15.3 Å². The molecule has 2 aliphatic heterocycles. The first-order valence-electron chi connectivity index (χ1n) is 11.1. The van der Waals surface area contributed by atoms with Gasteiger partial charge in [0.05, 0.1) is 42.5 Å². The second-order valence-corrected chi connectivity index (χ2v) is 9.03. The van der Waals surface area contributed by atoms with Crippen molar-refractivity contribution < 1.29 is 27.5 Å². The standard InChI is InChI=1S/C23H23F4N5O2/c1-10-2-11(24)3-14(20(10)27)17-5-13(26)8-32(17)23(34)21-19-16(7-28-21)29-9-30-22(19)31-15-4-12(25)6-18(15)33/h2-3,9,12-13,15,17-18,33H,4-8H2,1H3,(H,29,30,31)/t12-,13+,15-,17-,18-/m1/s1. The van der Waals surface area contributed by atoms with Gasteiger partial charge in [-0.1, -0.05) is 0 Å². The van der Waals surface area contributed by atoms with E-state index in [9.17, 15) is 27.5 Å². The summed E-state index contributed by atoms with van der Waals surface area (Å²) in [7, 11) is 0. The maximum atomic E-state index is 14.8. The van der Waals surface area contributed by atoms with Crippen LogP contribution in [0.1, 0.15) is 47.7 Å². The van der Waals surface area contributed by atoms with Crippen molar-refractivity contribution in [1.82, 2.24) is 14.9 Å². The number of aryl methyl sites for hydroxylation is 1. The summed E-state index contributed by atoms with van der Waals surface area (Å²) >= 11 is 0. The minimum Gasteiger partial charge on any atom is -0.391 e. The van der Waals surface area contributed by atoms with Crippen LogP contribution in [0.15, 0.2) is 23.5 Å². The minimum atomic E-state index is -1.42. The molecule has 2 N–H and O–H groups in total. The number of aliphatic hydroxyl groups excluding tert-OH is 1. The fourth-order valence-electron chi connectivity index (χ4n) is 5.03. The van der Waals surface area contributed by atoms with Gasteiger partial charge in [0.2, 0.25) is 0 Å². The third-order valence-electron chi connectivity index (χ3n) is 6.66. The number of rotatable bonds is 4. The molecule has 0 radical (unpaired) electrons. The molecule has 180 valence electrons. The maximum absolute atomic E-state index is 14.8. The van der Waals surface area contributed by atoms with Crippen LogP contribution in [0.25, 0.3) is 0 Å². The van der Waals surface area contributed by atoms with Gasteiger partial charge in [0, 0.05) is 24.8 Å². The van der Waals surface area contributed by atoms with Gasteiger partial charge in [0.1, 0.15) is 41.8 Å². The van der Waals surface area contributed by atoms with E-state index >= 15 is 0 Å². The zero-order valence-electron chi connectivity index (χ0n) is 18.3. The Bertz CT molecular complexity index is 1180. The number of aliphatic imine (C=N–C) groups is 1. The van der Waals surface area contributed by atoms with Crippen molar-refractivity contribution in [2.45, 2.75) is 63.3 Å². The number of hydrogen-bond donors (Lipinski definition) is 2. The number of fused-ring (bicyclic) bond motifs is 1. The molecule has 7 nitrogen and oxygen atoms in total. The predicted octanol–water partition coefficient (Wildman–Crippen LogP) is 2.95. The largest absolute Gasteiger partial charge is 0.391 e. The Labute approximate surface area is 192 Å². The lowest BCUT2D eigenvalue weighted by atomic mass is 10.00. The van der Waals surface area contributed by atoms with E-state index in [4.69, 9.17) is 0 Å². The Morgan fingerprint density at radius 1 is 1.15 bits per heavy atom. The highest BCUT2D eigenvalue weighted by molar-refractivity contribution is 6.47. The van der Waals surface area contributed by atoms with Crippen molar-refractivity contribution in [3.63, 3.8) is 0 Å². The Morgan fingerprint density at radius 3 is 2.68 bits per heavy atom. The van der Waals surface area contributed by atoms with Crippen LogP contribution < -0.4 is 5.32 Å². The highest BCUT2D eigenvalue weighted by Crippen LogP contribution is 2.38. The summed E-state index contributed by atoms with van der Waals surface area (Å²) in [6.45, 7) is 1.19. The Balaban J connectivity index is 1.47. The molecule has 34 heavy (non-hydrogen) atoms. The Morgan fingerprint density at radius 2 is 1.94 bits per heavy atom. The van der Waals surface area contributed by atoms with E-state index in [1.807, 2.05) is 0 Å². The first kappa shape index (κ1) is 22.7. The van der Waals surface area contributed by atoms with Crippen molar-refractivity contribution in [3.8, 4) is 0 Å². The van der Waals surface area contributed by atoms with Crippen LogP contribution in [0.2, 0.25) is 0 Å².